The van der Waals surface area contributed by atoms with E-state index in [1.165, 1.54) is 5.56 Å². The van der Waals surface area contributed by atoms with E-state index in [2.05, 4.69) is 30.9 Å². The number of aryl methyl sites for hydroxylation is 1. The van der Waals surface area contributed by atoms with Gasteiger partial charge in [0.05, 0.1) is 12.5 Å². The highest BCUT2D eigenvalue weighted by Gasteiger charge is 2.17. The molecule has 0 aliphatic rings. The lowest BCUT2D eigenvalue weighted by Gasteiger charge is -2.07. The Morgan fingerprint density at radius 2 is 1.77 bits per heavy atom. The lowest BCUT2D eigenvalue weighted by Crippen LogP contribution is -2.16. The number of ether oxygens (including phenoxy) is 1. The highest BCUT2D eigenvalue weighted by molar-refractivity contribution is 5.80. The fourth-order valence-electron chi connectivity index (χ4n) is 2.72. The van der Waals surface area contributed by atoms with Gasteiger partial charge in [-0.25, -0.2) is 0 Å². The van der Waals surface area contributed by atoms with Crippen LogP contribution < -0.4 is 0 Å². The number of carbonyl (C=O) groups excluding carboxylic acids is 1. The SMILES string of the molecule is CCOC(=O)C(C)Cc1cc2ccc(C#Cc3ccc(C)cc3)cc2o1. The molecule has 0 aliphatic heterocycles. The van der Waals surface area contributed by atoms with E-state index in [9.17, 15) is 4.79 Å². The minimum absolute atomic E-state index is 0.197. The summed E-state index contributed by atoms with van der Waals surface area (Å²) in [6.07, 6.45) is 0.526. The molecule has 1 aromatic heterocycles. The maximum atomic E-state index is 11.8. The van der Waals surface area contributed by atoms with Crippen LogP contribution in [-0.4, -0.2) is 12.6 Å². The van der Waals surface area contributed by atoms with E-state index in [0.29, 0.717) is 13.0 Å². The summed E-state index contributed by atoms with van der Waals surface area (Å²) in [5.41, 5.74) is 3.89. The third-order valence-corrected chi connectivity index (χ3v) is 4.17. The molecule has 132 valence electrons. The van der Waals surface area contributed by atoms with Crippen LogP contribution in [0.3, 0.4) is 0 Å². The molecule has 0 aliphatic carbocycles. The van der Waals surface area contributed by atoms with Crippen molar-refractivity contribution in [3.8, 4) is 11.8 Å². The maximum Gasteiger partial charge on any atom is 0.309 e. The lowest BCUT2D eigenvalue weighted by molar-refractivity contribution is -0.147. The largest absolute Gasteiger partial charge is 0.466 e. The van der Waals surface area contributed by atoms with Gasteiger partial charge in [-0.2, -0.15) is 0 Å². The predicted octanol–water partition coefficient (Wildman–Crippen LogP) is 4.88. The van der Waals surface area contributed by atoms with Crippen LogP contribution in [0.5, 0.6) is 0 Å². The first-order valence-corrected chi connectivity index (χ1v) is 8.83. The Balaban J connectivity index is 1.77. The summed E-state index contributed by atoms with van der Waals surface area (Å²) in [4.78, 5) is 11.8. The summed E-state index contributed by atoms with van der Waals surface area (Å²) in [5.74, 6) is 6.70. The van der Waals surface area contributed by atoms with Crippen LogP contribution in [-0.2, 0) is 16.0 Å². The van der Waals surface area contributed by atoms with Gasteiger partial charge in [0, 0.05) is 22.9 Å². The number of rotatable bonds is 4. The summed E-state index contributed by atoms with van der Waals surface area (Å²) in [7, 11) is 0. The van der Waals surface area contributed by atoms with E-state index in [-0.39, 0.29) is 11.9 Å². The van der Waals surface area contributed by atoms with Gasteiger partial charge in [-0.3, -0.25) is 4.79 Å². The summed E-state index contributed by atoms with van der Waals surface area (Å²) >= 11 is 0. The van der Waals surface area contributed by atoms with Gasteiger partial charge >= 0.3 is 5.97 Å². The molecule has 0 radical (unpaired) electrons. The Hall–Kier alpha value is -2.99. The van der Waals surface area contributed by atoms with E-state index in [0.717, 1.165) is 27.9 Å². The number of benzene rings is 2. The number of fused-ring (bicyclic) bond motifs is 1. The van der Waals surface area contributed by atoms with Gasteiger partial charge in [-0.1, -0.05) is 36.5 Å². The minimum Gasteiger partial charge on any atom is -0.466 e. The molecule has 3 rings (SSSR count). The first-order chi connectivity index (χ1) is 12.5. The highest BCUT2D eigenvalue weighted by atomic mass is 16.5. The first-order valence-electron chi connectivity index (χ1n) is 8.83. The van der Waals surface area contributed by atoms with Crippen molar-refractivity contribution in [1.82, 2.24) is 0 Å². The fraction of sp³-hybridized carbons (Fsp3) is 0.261. The molecule has 0 spiro atoms. The molecule has 1 heterocycles. The molecule has 0 N–H and O–H groups in total. The summed E-state index contributed by atoms with van der Waals surface area (Å²) in [5, 5.41) is 1.01. The normalized spacial score (nSPS) is 11.7. The summed E-state index contributed by atoms with van der Waals surface area (Å²) < 4.78 is 11.0. The molecular weight excluding hydrogens is 324 g/mol. The van der Waals surface area contributed by atoms with Crippen molar-refractivity contribution in [1.29, 1.82) is 0 Å². The van der Waals surface area contributed by atoms with Crippen molar-refractivity contribution in [3.05, 3.63) is 71.0 Å². The van der Waals surface area contributed by atoms with Crippen molar-refractivity contribution in [2.75, 3.05) is 6.61 Å². The molecule has 0 bridgehead atoms. The Labute approximate surface area is 154 Å². The first kappa shape index (κ1) is 17.8. The van der Waals surface area contributed by atoms with Crippen LogP contribution in [0.4, 0.5) is 0 Å². The second-order valence-electron chi connectivity index (χ2n) is 6.44. The maximum absolute atomic E-state index is 11.8. The molecule has 0 saturated heterocycles. The molecule has 2 aromatic carbocycles. The van der Waals surface area contributed by atoms with Crippen LogP contribution in [0.25, 0.3) is 11.0 Å². The van der Waals surface area contributed by atoms with Crippen LogP contribution in [0, 0.1) is 24.7 Å². The number of furan rings is 1. The molecule has 1 atom stereocenters. The average Bonchev–Trinajstić information content (AvgIpc) is 3.02. The van der Waals surface area contributed by atoms with Gasteiger partial charge in [0.1, 0.15) is 11.3 Å². The average molecular weight is 346 g/mol. The standard InChI is InChI=1S/C23H22O3/c1-4-25-23(24)17(3)13-21-15-20-12-11-19(14-22(20)26-21)10-9-18-7-5-16(2)6-8-18/h5-8,11-12,14-15,17H,4,13H2,1-3H3. The number of hydrogen-bond acceptors (Lipinski definition) is 3. The van der Waals surface area contributed by atoms with Gasteiger partial charge < -0.3 is 9.15 Å². The third kappa shape index (κ3) is 4.34. The van der Waals surface area contributed by atoms with Crippen LogP contribution in [0.2, 0.25) is 0 Å². The third-order valence-electron chi connectivity index (χ3n) is 4.17. The Kier molecular flexibility index (Phi) is 5.43. The van der Waals surface area contributed by atoms with Crippen LogP contribution in [0.1, 0.15) is 36.3 Å². The number of esters is 1. The second kappa shape index (κ2) is 7.93. The van der Waals surface area contributed by atoms with E-state index in [1.807, 2.05) is 50.2 Å². The Bertz CT molecular complexity index is 968. The molecule has 0 saturated carbocycles. The summed E-state index contributed by atoms with van der Waals surface area (Å²) in [6.45, 7) is 6.11. The molecule has 3 heteroatoms. The predicted molar refractivity (Wildman–Crippen MR) is 103 cm³/mol. The van der Waals surface area contributed by atoms with Gasteiger partial charge in [0.25, 0.3) is 0 Å². The van der Waals surface area contributed by atoms with Gasteiger partial charge in [-0.05, 0) is 50.2 Å². The van der Waals surface area contributed by atoms with Crippen molar-refractivity contribution >= 4 is 16.9 Å². The molecule has 0 amide bonds. The Morgan fingerprint density at radius 3 is 2.50 bits per heavy atom. The quantitative estimate of drug-likeness (QED) is 0.499. The van der Waals surface area contributed by atoms with E-state index < -0.39 is 0 Å². The molecule has 1 unspecified atom stereocenters. The van der Waals surface area contributed by atoms with Crippen LogP contribution >= 0.6 is 0 Å². The monoisotopic (exact) mass is 346 g/mol. The topological polar surface area (TPSA) is 39.4 Å². The zero-order valence-corrected chi connectivity index (χ0v) is 15.3. The van der Waals surface area contributed by atoms with E-state index in [1.54, 1.807) is 0 Å². The minimum atomic E-state index is -0.226. The molecular formula is C23H22O3. The molecule has 26 heavy (non-hydrogen) atoms. The van der Waals surface area contributed by atoms with Crippen molar-refractivity contribution in [2.24, 2.45) is 5.92 Å². The Morgan fingerprint density at radius 1 is 1.08 bits per heavy atom. The zero-order chi connectivity index (χ0) is 18.5. The van der Waals surface area contributed by atoms with Crippen molar-refractivity contribution in [3.63, 3.8) is 0 Å². The fourth-order valence-corrected chi connectivity index (χ4v) is 2.72. The van der Waals surface area contributed by atoms with Crippen molar-refractivity contribution < 1.29 is 13.9 Å². The number of hydrogen-bond donors (Lipinski definition) is 0. The van der Waals surface area contributed by atoms with Gasteiger partial charge in [0.2, 0.25) is 0 Å². The summed E-state index contributed by atoms with van der Waals surface area (Å²) in [6, 6.07) is 16.0. The van der Waals surface area contributed by atoms with Crippen molar-refractivity contribution in [2.45, 2.75) is 27.2 Å². The second-order valence-corrected chi connectivity index (χ2v) is 6.44. The zero-order valence-electron chi connectivity index (χ0n) is 15.3. The van der Waals surface area contributed by atoms with Gasteiger partial charge in [0.15, 0.2) is 0 Å². The van der Waals surface area contributed by atoms with E-state index in [4.69, 9.17) is 9.15 Å². The molecule has 0 fully saturated rings. The van der Waals surface area contributed by atoms with Gasteiger partial charge in [-0.15, -0.1) is 0 Å². The molecule has 3 nitrogen and oxygen atoms in total. The highest BCUT2D eigenvalue weighted by Crippen LogP contribution is 2.23. The lowest BCUT2D eigenvalue weighted by atomic mass is 10.1. The number of carbonyl (C=O) groups is 1. The van der Waals surface area contributed by atoms with Crippen LogP contribution in [0.15, 0.2) is 52.9 Å². The van der Waals surface area contributed by atoms with E-state index >= 15 is 0 Å². The smallest absolute Gasteiger partial charge is 0.309 e. The molecule has 3 aromatic rings.